The number of thiophene rings is 1. The van der Waals surface area contributed by atoms with Crippen LogP contribution in [0.3, 0.4) is 0 Å². The van der Waals surface area contributed by atoms with Gasteiger partial charge in [0.15, 0.2) is 0 Å². The molecule has 0 unspecified atom stereocenters. The summed E-state index contributed by atoms with van der Waals surface area (Å²) in [5, 5.41) is 4.74. The van der Waals surface area contributed by atoms with E-state index in [2.05, 4.69) is 29.1 Å². The SMILES string of the molecule is Cc1sc2ncnc(NC3CCOCC3)c2c1C. The van der Waals surface area contributed by atoms with Crippen molar-refractivity contribution in [1.29, 1.82) is 0 Å². The van der Waals surface area contributed by atoms with Crippen molar-refractivity contribution in [2.75, 3.05) is 18.5 Å². The molecular formula is C13H17N3OS. The van der Waals surface area contributed by atoms with Crippen molar-refractivity contribution in [2.24, 2.45) is 0 Å². The summed E-state index contributed by atoms with van der Waals surface area (Å²) in [5.74, 6) is 0.980. The number of ether oxygens (including phenoxy) is 1. The number of nitrogens with one attached hydrogen (secondary N) is 1. The van der Waals surface area contributed by atoms with Crippen LogP contribution in [-0.4, -0.2) is 29.2 Å². The summed E-state index contributed by atoms with van der Waals surface area (Å²) in [5.41, 5.74) is 1.30. The van der Waals surface area contributed by atoms with Crippen LogP contribution in [0.25, 0.3) is 10.2 Å². The van der Waals surface area contributed by atoms with Crippen LogP contribution in [-0.2, 0) is 4.74 Å². The first-order valence-electron chi connectivity index (χ1n) is 6.30. The summed E-state index contributed by atoms with van der Waals surface area (Å²) in [4.78, 5) is 11.2. The minimum absolute atomic E-state index is 0.469. The van der Waals surface area contributed by atoms with E-state index in [1.807, 2.05) is 0 Å². The second-order valence-corrected chi connectivity index (χ2v) is 5.92. The third-order valence-electron chi connectivity index (χ3n) is 3.53. The van der Waals surface area contributed by atoms with Gasteiger partial charge < -0.3 is 10.1 Å². The molecule has 0 saturated carbocycles. The quantitative estimate of drug-likeness (QED) is 0.905. The van der Waals surface area contributed by atoms with Crippen molar-refractivity contribution in [3.8, 4) is 0 Å². The Morgan fingerprint density at radius 3 is 2.83 bits per heavy atom. The van der Waals surface area contributed by atoms with E-state index in [1.54, 1.807) is 17.7 Å². The highest BCUT2D eigenvalue weighted by Crippen LogP contribution is 2.33. The molecule has 1 aliphatic heterocycles. The molecule has 2 aromatic heterocycles. The third-order valence-corrected chi connectivity index (χ3v) is 4.64. The number of nitrogens with zero attached hydrogens (tertiary/aromatic N) is 2. The van der Waals surface area contributed by atoms with Crippen LogP contribution in [0.4, 0.5) is 5.82 Å². The zero-order valence-electron chi connectivity index (χ0n) is 10.7. The Morgan fingerprint density at radius 1 is 1.28 bits per heavy atom. The lowest BCUT2D eigenvalue weighted by atomic mass is 10.1. The second-order valence-electron chi connectivity index (χ2n) is 4.72. The van der Waals surface area contributed by atoms with Gasteiger partial charge in [-0.3, -0.25) is 0 Å². The standard InChI is InChI=1S/C13H17N3OS/c1-8-9(2)18-13-11(8)12(14-7-15-13)16-10-3-5-17-6-4-10/h7,10H,3-6H2,1-2H3,(H,14,15,16). The van der Waals surface area contributed by atoms with E-state index in [0.29, 0.717) is 6.04 Å². The van der Waals surface area contributed by atoms with E-state index >= 15 is 0 Å². The molecule has 1 saturated heterocycles. The van der Waals surface area contributed by atoms with E-state index < -0.39 is 0 Å². The van der Waals surface area contributed by atoms with Crippen LogP contribution in [0.5, 0.6) is 0 Å². The molecule has 0 radical (unpaired) electrons. The van der Waals surface area contributed by atoms with Gasteiger partial charge in [0.2, 0.25) is 0 Å². The Kier molecular flexibility index (Phi) is 3.18. The molecule has 3 heterocycles. The Bertz CT molecular complexity index is 561. The highest BCUT2D eigenvalue weighted by molar-refractivity contribution is 7.18. The lowest BCUT2D eigenvalue weighted by molar-refractivity contribution is 0.0904. The van der Waals surface area contributed by atoms with Crippen molar-refractivity contribution in [1.82, 2.24) is 9.97 Å². The van der Waals surface area contributed by atoms with Gasteiger partial charge in [0.25, 0.3) is 0 Å². The largest absolute Gasteiger partial charge is 0.381 e. The number of rotatable bonds is 2. The number of hydrogen-bond acceptors (Lipinski definition) is 5. The van der Waals surface area contributed by atoms with E-state index in [9.17, 15) is 0 Å². The maximum absolute atomic E-state index is 5.38. The molecule has 1 aliphatic rings. The Labute approximate surface area is 110 Å². The first-order chi connectivity index (χ1) is 8.75. The van der Waals surface area contributed by atoms with Gasteiger partial charge in [0, 0.05) is 24.1 Å². The first-order valence-corrected chi connectivity index (χ1v) is 7.12. The van der Waals surface area contributed by atoms with Gasteiger partial charge in [-0.05, 0) is 32.3 Å². The predicted octanol–water partition coefficient (Wildman–Crippen LogP) is 2.90. The van der Waals surface area contributed by atoms with E-state index in [-0.39, 0.29) is 0 Å². The van der Waals surface area contributed by atoms with Gasteiger partial charge >= 0.3 is 0 Å². The number of hydrogen-bond donors (Lipinski definition) is 1. The fraction of sp³-hybridized carbons (Fsp3) is 0.538. The van der Waals surface area contributed by atoms with Crippen LogP contribution in [0.1, 0.15) is 23.3 Å². The number of fused-ring (bicyclic) bond motifs is 1. The summed E-state index contributed by atoms with van der Waals surface area (Å²) >= 11 is 1.74. The molecule has 18 heavy (non-hydrogen) atoms. The monoisotopic (exact) mass is 263 g/mol. The molecule has 0 aliphatic carbocycles. The molecule has 1 fully saturated rings. The normalized spacial score (nSPS) is 17.2. The highest BCUT2D eigenvalue weighted by Gasteiger charge is 2.17. The van der Waals surface area contributed by atoms with Gasteiger partial charge in [0.05, 0.1) is 5.39 Å². The summed E-state index contributed by atoms with van der Waals surface area (Å²) in [7, 11) is 0. The molecule has 96 valence electrons. The number of anilines is 1. The molecule has 0 spiro atoms. The van der Waals surface area contributed by atoms with Crippen molar-refractivity contribution in [3.63, 3.8) is 0 Å². The minimum Gasteiger partial charge on any atom is -0.381 e. The van der Waals surface area contributed by atoms with E-state index in [0.717, 1.165) is 36.7 Å². The molecule has 0 atom stereocenters. The fourth-order valence-electron chi connectivity index (χ4n) is 2.33. The summed E-state index contributed by atoms with van der Waals surface area (Å²) in [6.45, 7) is 5.97. The van der Waals surface area contributed by atoms with Crippen LogP contribution >= 0.6 is 11.3 Å². The molecule has 3 rings (SSSR count). The summed E-state index contributed by atoms with van der Waals surface area (Å²) < 4.78 is 5.38. The fourth-order valence-corrected chi connectivity index (χ4v) is 3.32. The average Bonchev–Trinajstić information content (AvgIpc) is 2.67. The second kappa shape index (κ2) is 4.82. The Morgan fingerprint density at radius 2 is 2.06 bits per heavy atom. The number of aromatic nitrogens is 2. The lowest BCUT2D eigenvalue weighted by Crippen LogP contribution is -2.28. The van der Waals surface area contributed by atoms with Gasteiger partial charge in [-0.2, -0.15) is 0 Å². The van der Waals surface area contributed by atoms with Crippen LogP contribution in [0, 0.1) is 13.8 Å². The third kappa shape index (κ3) is 2.08. The molecule has 0 amide bonds. The highest BCUT2D eigenvalue weighted by atomic mass is 32.1. The van der Waals surface area contributed by atoms with Crippen LogP contribution < -0.4 is 5.32 Å². The van der Waals surface area contributed by atoms with Gasteiger partial charge in [-0.1, -0.05) is 0 Å². The van der Waals surface area contributed by atoms with Crippen molar-refractivity contribution in [3.05, 3.63) is 16.8 Å². The van der Waals surface area contributed by atoms with E-state index in [1.165, 1.54) is 15.8 Å². The van der Waals surface area contributed by atoms with Crippen LogP contribution in [0.15, 0.2) is 6.33 Å². The minimum atomic E-state index is 0.469. The molecule has 4 nitrogen and oxygen atoms in total. The molecule has 0 aromatic carbocycles. The van der Waals surface area contributed by atoms with Crippen molar-refractivity contribution >= 4 is 27.4 Å². The Balaban J connectivity index is 1.95. The van der Waals surface area contributed by atoms with Crippen molar-refractivity contribution in [2.45, 2.75) is 32.7 Å². The van der Waals surface area contributed by atoms with Crippen LogP contribution in [0.2, 0.25) is 0 Å². The molecular weight excluding hydrogens is 246 g/mol. The molecule has 2 aromatic rings. The van der Waals surface area contributed by atoms with Crippen molar-refractivity contribution < 1.29 is 4.74 Å². The predicted molar refractivity (Wildman–Crippen MR) is 74.4 cm³/mol. The average molecular weight is 263 g/mol. The zero-order valence-corrected chi connectivity index (χ0v) is 11.5. The molecule has 0 bridgehead atoms. The Hall–Kier alpha value is -1.20. The first kappa shape index (κ1) is 11.9. The molecule has 1 N–H and O–H groups in total. The summed E-state index contributed by atoms with van der Waals surface area (Å²) in [6.07, 6.45) is 3.75. The van der Waals surface area contributed by atoms with Gasteiger partial charge in [0.1, 0.15) is 17.0 Å². The van der Waals surface area contributed by atoms with E-state index in [4.69, 9.17) is 4.74 Å². The molecule has 5 heteroatoms. The maximum atomic E-state index is 5.38. The maximum Gasteiger partial charge on any atom is 0.138 e. The topological polar surface area (TPSA) is 47.0 Å². The zero-order chi connectivity index (χ0) is 12.5. The summed E-state index contributed by atoms with van der Waals surface area (Å²) in [6, 6.07) is 0.469. The smallest absolute Gasteiger partial charge is 0.138 e. The van der Waals surface area contributed by atoms with Gasteiger partial charge in [-0.15, -0.1) is 11.3 Å². The van der Waals surface area contributed by atoms with Gasteiger partial charge in [-0.25, -0.2) is 9.97 Å². The number of aryl methyl sites for hydroxylation is 2. The lowest BCUT2D eigenvalue weighted by Gasteiger charge is -2.23.